The Morgan fingerprint density at radius 3 is 2.57 bits per heavy atom. The zero-order valence-corrected chi connectivity index (χ0v) is 21.9. The number of aromatic nitrogens is 2. The summed E-state index contributed by atoms with van der Waals surface area (Å²) in [4.78, 5) is 17.6. The van der Waals surface area contributed by atoms with Crippen molar-refractivity contribution in [1.29, 1.82) is 0 Å². The quantitative estimate of drug-likeness (QED) is 0.460. The number of carbonyl (C=O) groups is 1. The van der Waals surface area contributed by atoms with Crippen LogP contribution >= 0.6 is 11.3 Å². The number of nitrogens with zero attached hydrogens (tertiary/aromatic N) is 4. The zero-order valence-electron chi connectivity index (χ0n) is 21.1. The second-order valence-corrected chi connectivity index (χ2v) is 11.0. The van der Waals surface area contributed by atoms with Gasteiger partial charge in [-0.05, 0) is 82.1 Å². The van der Waals surface area contributed by atoms with Gasteiger partial charge in [0.05, 0.1) is 10.7 Å². The van der Waals surface area contributed by atoms with E-state index in [9.17, 15) is 9.18 Å². The fourth-order valence-corrected chi connectivity index (χ4v) is 6.15. The van der Waals surface area contributed by atoms with E-state index >= 15 is 0 Å². The van der Waals surface area contributed by atoms with Crippen molar-refractivity contribution in [2.75, 3.05) is 25.5 Å². The highest BCUT2D eigenvalue weighted by atomic mass is 32.1. The lowest BCUT2D eigenvalue weighted by molar-refractivity contribution is -0.114. The van der Waals surface area contributed by atoms with Gasteiger partial charge >= 0.3 is 0 Å². The predicted molar refractivity (Wildman–Crippen MR) is 140 cm³/mol. The highest BCUT2D eigenvalue weighted by molar-refractivity contribution is 7.16. The number of hydrogen-bond donors (Lipinski definition) is 1. The van der Waals surface area contributed by atoms with Gasteiger partial charge in [0.25, 0.3) is 0 Å². The van der Waals surface area contributed by atoms with Gasteiger partial charge in [0.2, 0.25) is 5.91 Å². The molecule has 2 aromatic heterocycles. The maximum atomic E-state index is 13.5. The van der Waals surface area contributed by atoms with Crippen LogP contribution in [-0.4, -0.2) is 51.7 Å². The van der Waals surface area contributed by atoms with E-state index < -0.39 is 0 Å². The van der Waals surface area contributed by atoms with Crippen LogP contribution in [0.2, 0.25) is 0 Å². The van der Waals surface area contributed by atoms with E-state index in [-0.39, 0.29) is 11.7 Å². The highest BCUT2D eigenvalue weighted by Gasteiger charge is 2.30. The Hall–Kier alpha value is -2.55. The van der Waals surface area contributed by atoms with Crippen molar-refractivity contribution in [2.24, 2.45) is 13.0 Å². The Morgan fingerprint density at radius 2 is 1.94 bits per heavy atom. The summed E-state index contributed by atoms with van der Waals surface area (Å²) >= 11 is 1.65. The molecule has 6 nitrogen and oxygen atoms in total. The number of carbonyl (C=O) groups excluding carboxylic acids is 1. The molecule has 35 heavy (non-hydrogen) atoms. The molecule has 0 saturated carbocycles. The van der Waals surface area contributed by atoms with Gasteiger partial charge in [0.1, 0.15) is 5.82 Å². The van der Waals surface area contributed by atoms with E-state index in [1.165, 1.54) is 16.0 Å². The molecule has 3 aromatic rings. The molecule has 1 fully saturated rings. The molecule has 8 heteroatoms. The number of aryl methyl sites for hydroxylation is 2. The van der Waals surface area contributed by atoms with Crippen molar-refractivity contribution in [3.8, 4) is 0 Å². The first-order valence-electron chi connectivity index (χ1n) is 12.3. The zero-order chi connectivity index (χ0) is 24.9. The molecular weight excluding hydrogens is 461 g/mol. The number of halogens is 1. The third-order valence-corrected chi connectivity index (χ3v) is 7.96. The second kappa shape index (κ2) is 11.5. The molecule has 0 radical (unpaired) electrons. The van der Waals surface area contributed by atoms with Crippen LogP contribution in [0.3, 0.4) is 0 Å². The summed E-state index contributed by atoms with van der Waals surface area (Å²) in [7, 11) is 4.18. The van der Waals surface area contributed by atoms with Crippen molar-refractivity contribution in [3.63, 3.8) is 0 Å². The predicted octanol–water partition coefficient (Wildman–Crippen LogP) is 4.84. The smallest absolute Gasteiger partial charge is 0.221 e. The second-order valence-electron chi connectivity index (χ2n) is 9.79. The molecule has 1 aromatic carbocycles. The third-order valence-electron chi connectivity index (χ3n) is 6.98. The maximum Gasteiger partial charge on any atom is 0.221 e. The number of likely N-dealkylation sites (N-methyl/N-ethyl adjacent to an activating group) is 1. The first-order valence-corrected chi connectivity index (χ1v) is 13.1. The highest BCUT2D eigenvalue weighted by Crippen LogP contribution is 2.30. The standard InChI is InChI=1S/C27H36FN5OS/c1-19-23(17-32(4)30-19)16-31(3)26(15-21-5-7-24(28)8-6-21)22-11-13-33(14-12-22)18-25-9-10-27(35-25)29-20(2)34/h5-10,17,22,26H,11-16,18H2,1-4H3,(H,29,34)/t26-/m0/s1. The van der Waals surface area contributed by atoms with Crippen molar-refractivity contribution >= 4 is 22.2 Å². The van der Waals surface area contributed by atoms with Crippen LogP contribution in [-0.2, 0) is 31.4 Å². The molecule has 1 saturated heterocycles. The number of benzene rings is 1. The number of anilines is 1. The molecule has 3 heterocycles. The van der Waals surface area contributed by atoms with Crippen molar-refractivity contribution in [2.45, 2.75) is 52.2 Å². The molecule has 0 unspecified atom stereocenters. The molecule has 188 valence electrons. The summed E-state index contributed by atoms with van der Waals surface area (Å²) in [5.74, 6) is 0.349. The van der Waals surface area contributed by atoms with Crippen LogP contribution in [0.4, 0.5) is 9.39 Å². The lowest BCUT2D eigenvalue weighted by Crippen LogP contribution is -2.44. The number of amides is 1. The Bertz CT molecular complexity index is 1120. The van der Waals surface area contributed by atoms with Gasteiger partial charge < -0.3 is 5.32 Å². The SMILES string of the molecule is CC(=O)Nc1ccc(CN2CCC([C@H](Cc3ccc(F)cc3)N(C)Cc3cn(C)nc3C)CC2)s1. The van der Waals surface area contributed by atoms with Gasteiger partial charge in [-0.1, -0.05) is 12.1 Å². The summed E-state index contributed by atoms with van der Waals surface area (Å²) < 4.78 is 15.4. The third kappa shape index (κ3) is 6.99. The van der Waals surface area contributed by atoms with Crippen molar-refractivity contribution in [1.82, 2.24) is 19.6 Å². The minimum absolute atomic E-state index is 0.0305. The van der Waals surface area contributed by atoms with E-state index in [2.05, 4.69) is 46.4 Å². The Labute approximate surface area is 211 Å². The number of hydrogen-bond acceptors (Lipinski definition) is 5. The molecule has 1 aliphatic heterocycles. The van der Waals surface area contributed by atoms with Gasteiger partial charge in [-0.3, -0.25) is 19.3 Å². The molecule has 1 amide bonds. The Morgan fingerprint density at radius 1 is 1.23 bits per heavy atom. The van der Waals surface area contributed by atoms with Gasteiger partial charge in [-0.15, -0.1) is 11.3 Å². The van der Waals surface area contributed by atoms with Crippen LogP contribution in [0.1, 0.15) is 41.5 Å². The lowest BCUT2D eigenvalue weighted by atomic mass is 9.84. The number of rotatable bonds is 9. The van der Waals surface area contributed by atoms with Crippen LogP contribution in [0.25, 0.3) is 0 Å². The molecule has 1 atom stereocenters. The number of thiophene rings is 1. The topological polar surface area (TPSA) is 53.4 Å². The molecule has 0 aliphatic carbocycles. The molecule has 4 rings (SSSR count). The van der Waals surface area contributed by atoms with E-state index in [4.69, 9.17) is 0 Å². The van der Waals surface area contributed by atoms with E-state index in [1.807, 2.05) is 29.9 Å². The average molecular weight is 498 g/mol. The summed E-state index contributed by atoms with van der Waals surface area (Å²) in [5.41, 5.74) is 3.51. The summed E-state index contributed by atoms with van der Waals surface area (Å²) in [6.45, 7) is 7.49. The normalized spacial score (nSPS) is 16.1. The monoisotopic (exact) mass is 497 g/mol. The Balaban J connectivity index is 1.41. The van der Waals surface area contributed by atoms with Gasteiger partial charge in [-0.25, -0.2) is 4.39 Å². The van der Waals surface area contributed by atoms with E-state index in [0.29, 0.717) is 12.0 Å². The summed E-state index contributed by atoms with van der Waals surface area (Å²) in [6, 6.07) is 11.4. The molecule has 0 bridgehead atoms. The fourth-order valence-electron chi connectivity index (χ4n) is 5.15. The number of nitrogens with one attached hydrogen (secondary N) is 1. The first-order chi connectivity index (χ1) is 16.8. The summed E-state index contributed by atoms with van der Waals surface area (Å²) in [6.07, 6.45) is 5.28. The van der Waals surface area contributed by atoms with Gasteiger partial charge in [0, 0.05) is 49.7 Å². The first kappa shape index (κ1) is 25.5. The van der Waals surface area contributed by atoms with E-state index in [0.717, 1.165) is 56.1 Å². The van der Waals surface area contributed by atoms with Gasteiger partial charge in [0.15, 0.2) is 0 Å². The minimum Gasteiger partial charge on any atom is -0.318 e. The van der Waals surface area contributed by atoms with E-state index in [1.54, 1.807) is 30.4 Å². The molecule has 0 spiro atoms. The Kier molecular flexibility index (Phi) is 8.36. The average Bonchev–Trinajstić information content (AvgIpc) is 3.38. The van der Waals surface area contributed by atoms with Crippen molar-refractivity contribution < 1.29 is 9.18 Å². The largest absolute Gasteiger partial charge is 0.318 e. The van der Waals surface area contributed by atoms with Crippen LogP contribution < -0.4 is 5.32 Å². The molecule has 1 aliphatic rings. The number of piperidine rings is 1. The molecule has 1 N–H and O–H groups in total. The summed E-state index contributed by atoms with van der Waals surface area (Å²) in [5, 5.41) is 8.30. The van der Waals surface area contributed by atoms with Gasteiger partial charge in [-0.2, -0.15) is 5.10 Å². The van der Waals surface area contributed by atoms with Crippen molar-refractivity contribution in [3.05, 3.63) is 70.1 Å². The van der Waals surface area contributed by atoms with Crippen LogP contribution in [0, 0.1) is 18.7 Å². The fraction of sp³-hybridized carbons (Fsp3) is 0.481. The minimum atomic E-state index is -0.187. The lowest BCUT2D eigenvalue weighted by Gasteiger charge is -2.40. The maximum absolute atomic E-state index is 13.5. The molecular formula is C27H36FN5OS. The van der Waals surface area contributed by atoms with Crippen LogP contribution in [0.5, 0.6) is 0 Å². The van der Waals surface area contributed by atoms with Crippen LogP contribution in [0.15, 0.2) is 42.6 Å². The number of likely N-dealkylation sites (tertiary alicyclic amines) is 1.